The van der Waals surface area contributed by atoms with Crippen molar-refractivity contribution in [3.05, 3.63) is 101 Å². The molecule has 1 amide bonds. The lowest BCUT2D eigenvalue weighted by Gasteiger charge is -2.40. The van der Waals surface area contributed by atoms with Gasteiger partial charge in [0.1, 0.15) is 30.1 Å². The monoisotopic (exact) mass is 877 g/mol. The Bertz CT molecular complexity index is 2190. The first-order valence-corrected chi connectivity index (χ1v) is 21.0. The summed E-state index contributed by atoms with van der Waals surface area (Å²) in [4.78, 5) is 44.1. The average Bonchev–Trinajstić information content (AvgIpc) is 3.72. The number of ether oxygens (including phenoxy) is 5. The third-order valence-electron chi connectivity index (χ3n) is 9.57. The molecule has 2 aliphatic rings. The highest BCUT2D eigenvalue weighted by Gasteiger charge is 2.47. The molecule has 3 aromatic rings. The van der Waals surface area contributed by atoms with E-state index in [0.29, 0.717) is 6.07 Å². The number of amides is 1. The van der Waals surface area contributed by atoms with Crippen LogP contribution in [-0.4, -0.2) is 105 Å². The van der Waals surface area contributed by atoms with Crippen LogP contribution in [0.3, 0.4) is 0 Å². The molecule has 322 valence electrons. The number of rotatable bonds is 16. The smallest absolute Gasteiger partial charge is 0.425 e. The van der Waals surface area contributed by atoms with E-state index in [-0.39, 0.29) is 68.8 Å². The van der Waals surface area contributed by atoms with Crippen LogP contribution in [0.5, 0.6) is 0 Å². The maximum atomic E-state index is 15.8. The van der Waals surface area contributed by atoms with Gasteiger partial charge in [-0.25, -0.2) is 27.6 Å². The number of thioether (sulfide) groups is 1. The molecule has 2 aliphatic heterocycles. The zero-order valence-electron chi connectivity index (χ0n) is 32.4. The predicted octanol–water partition coefficient (Wildman–Crippen LogP) is 5.30. The van der Waals surface area contributed by atoms with Crippen LogP contribution in [0.15, 0.2) is 67.3 Å². The Morgan fingerprint density at radius 1 is 1.05 bits per heavy atom. The second-order valence-electron chi connectivity index (χ2n) is 13.8. The fourth-order valence-corrected chi connectivity index (χ4v) is 8.64. The van der Waals surface area contributed by atoms with Crippen LogP contribution < -0.4 is 0 Å². The summed E-state index contributed by atoms with van der Waals surface area (Å²) < 4.78 is 106. The molecule has 2 saturated heterocycles. The third-order valence-corrected chi connectivity index (χ3v) is 12.3. The lowest BCUT2D eigenvalue weighted by Crippen LogP contribution is -2.47. The van der Waals surface area contributed by atoms with E-state index in [9.17, 15) is 36.1 Å². The first-order valence-electron chi connectivity index (χ1n) is 18.6. The molecule has 5 rings (SSSR count). The first-order chi connectivity index (χ1) is 28.6. The summed E-state index contributed by atoms with van der Waals surface area (Å²) in [6.45, 7) is 2.95. The summed E-state index contributed by atoms with van der Waals surface area (Å²) in [7, 11) is -4.23. The number of esters is 1. The largest absolute Gasteiger partial charge is 0.512 e. The van der Waals surface area contributed by atoms with Crippen molar-refractivity contribution in [2.24, 2.45) is 0 Å². The molecular weight excluding hydrogens is 836 g/mol. The Morgan fingerprint density at radius 2 is 1.78 bits per heavy atom. The highest BCUT2D eigenvalue weighted by atomic mass is 32.2. The average molecular weight is 878 g/mol. The molecule has 0 bridgehead atoms. The number of benzene rings is 2. The minimum atomic E-state index is -4.23. The summed E-state index contributed by atoms with van der Waals surface area (Å²) in [6, 6.07) is 8.74. The number of carbonyl (C=O) groups is 3. The van der Waals surface area contributed by atoms with Gasteiger partial charge in [0.05, 0.1) is 48.3 Å². The highest BCUT2D eigenvalue weighted by molar-refractivity contribution is 8.00. The summed E-state index contributed by atoms with van der Waals surface area (Å²) in [6.07, 6.45) is 4.55. The number of aromatic nitrogens is 3. The van der Waals surface area contributed by atoms with Gasteiger partial charge in [-0.05, 0) is 50.1 Å². The molecule has 1 N–H and O–H groups in total. The molecule has 3 atom stereocenters. The maximum absolute atomic E-state index is 15.8. The zero-order valence-corrected chi connectivity index (χ0v) is 34.0. The molecule has 0 spiro atoms. The number of piperidine rings is 1. The van der Waals surface area contributed by atoms with Gasteiger partial charge >= 0.3 is 12.1 Å². The van der Waals surface area contributed by atoms with Gasteiger partial charge in [-0.15, -0.1) is 11.8 Å². The molecular formula is C39H42F3N5O11S2. The van der Waals surface area contributed by atoms with E-state index >= 15 is 4.39 Å². The Hall–Kier alpha value is -5.27. The van der Waals surface area contributed by atoms with Crippen LogP contribution >= 0.6 is 11.8 Å². The van der Waals surface area contributed by atoms with E-state index in [2.05, 4.69) is 10.1 Å². The summed E-state index contributed by atoms with van der Waals surface area (Å²) in [5, 5.41) is 10.8. The maximum Gasteiger partial charge on any atom is 0.512 e. The van der Waals surface area contributed by atoms with Crippen LogP contribution in [0.1, 0.15) is 56.2 Å². The molecule has 3 heterocycles. The second-order valence-corrected chi connectivity index (χ2v) is 17.1. The van der Waals surface area contributed by atoms with E-state index in [1.165, 1.54) is 59.1 Å². The molecule has 2 aromatic carbocycles. The molecule has 1 aromatic heterocycles. The van der Waals surface area contributed by atoms with Crippen LogP contribution in [0.2, 0.25) is 0 Å². The molecule has 3 unspecified atom stereocenters. The summed E-state index contributed by atoms with van der Waals surface area (Å²) in [5.41, 5.74) is -1.72. The Morgan fingerprint density at radius 3 is 2.42 bits per heavy atom. The SMILES string of the molecule is CC(OC(=O)CCC(=O)N1CCC(S(=O)(=O)O)CC1)OC(=O)OC(Cn1cncn1)(c1ccc(F)cc1F)C(C)SC1COC(C=CC=Cc2ccc(C#N)cc2F)OC1. The van der Waals surface area contributed by atoms with Gasteiger partial charge in [-0.1, -0.05) is 24.3 Å². The number of carbonyl (C=O) groups excluding carboxylic acids is 3. The van der Waals surface area contributed by atoms with Crippen molar-refractivity contribution in [1.82, 2.24) is 19.7 Å². The molecule has 21 heteroatoms. The lowest BCUT2D eigenvalue weighted by atomic mass is 9.89. The van der Waals surface area contributed by atoms with Crippen molar-refractivity contribution in [3.63, 3.8) is 0 Å². The number of hydrogen-bond acceptors (Lipinski definition) is 14. The van der Waals surface area contributed by atoms with Crippen LogP contribution in [0.4, 0.5) is 18.0 Å². The van der Waals surface area contributed by atoms with Crippen molar-refractivity contribution in [2.75, 3.05) is 26.3 Å². The zero-order chi connectivity index (χ0) is 43.5. The number of nitriles is 1. The predicted molar refractivity (Wildman–Crippen MR) is 207 cm³/mol. The van der Waals surface area contributed by atoms with Crippen molar-refractivity contribution in [3.8, 4) is 6.07 Å². The molecule has 60 heavy (non-hydrogen) atoms. The fourth-order valence-electron chi connectivity index (χ4n) is 6.47. The number of halogens is 3. The standard InChI is InChI=1S/C39H42F3N5O11S2/c1-25(59-30-20-54-37(55-21-30)6-4-3-5-28-8-7-27(19-43)17-33(28)41)39(22-47-24-44-23-45-47,32-10-9-29(40)18-34(32)42)58-38(50)57-26(2)56-36(49)12-11-35(48)46-15-13-31(14-16-46)60(51,52)53/h3-10,17-18,23-26,30-31,37H,11-16,20-22H2,1-2H3,(H,51,52,53). The molecule has 16 nitrogen and oxygen atoms in total. The van der Waals surface area contributed by atoms with Crippen molar-refractivity contribution < 1.29 is 64.2 Å². The van der Waals surface area contributed by atoms with Gasteiger partial charge in [-0.2, -0.15) is 18.8 Å². The van der Waals surface area contributed by atoms with Gasteiger partial charge in [0.25, 0.3) is 10.1 Å². The fraction of sp³-hybridized carbons (Fsp3) is 0.436. The Balaban J connectivity index is 1.22. The van der Waals surface area contributed by atoms with Gasteiger partial charge in [0.2, 0.25) is 12.2 Å². The van der Waals surface area contributed by atoms with E-state index < -0.39 is 86.0 Å². The molecule has 0 saturated carbocycles. The number of allylic oxidation sites excluding steroid dienone is 2. The van der Waals surface area contributed by atoms with E-state index in [0.717, 1.165) is 18.2 Å². The van der Waals surface area contributed by atoms with Crippen molar-refractivity contribution >= 4 is 46.0 Å². The van der Waals surface area contributed by atoms with Crippen LogP contribution in [-0.2, 0) is 55.5 Å². The van der Waals surface area contributed by atoms with Gasteiger partial charge < -0.3 is 28.6 Å². The van der Waals surface area contributed by atoms with Crippen LogP contribution in [0, 0.1) is 28.8 Å². The summed E-state index contributed by atoms with van der Waals surface area (Å²) >= 11 is 1.21. The van der Waals surface area contributed by atoms with E-state index in [1.807, 2.05) is 6.07 Å². The Kier molecular flexibility index (Phi) is 15.9. The lowest BCUT2D eigenvalue weighted by molar-refractivity contribution is -0.172. The molecule has 0 radical (unpaired) electrons. The van der Waals surface area contributed by atoms with Crippen molar-refractivity contribution in [1.29, 1.82) is 5.26 Å². The van der Waals surface area contributed by atoms with E-state index in [1.54, 1.807) is 25.2 Å². The van der Waals surface area contributed by atoms with Gasteiger partial charge in [0.15, 0.2) is 11.9 Å². The minimum Gasteiger partial charge on any atom is -0.425 e. The molecule has 2 fully saturated rings. The first kappa shape index (κ1) is 45.8. The highest BCUT2D eigenvalue weighted by Crippen LogP contribution is 2.42. The number of hydrogen-bond donors (Lipinski definition) is 1. The van der Waals surface area contributed by atoms with Gasteiger partial charge in [0, 0.05) is 48.9 Å². The van der Waals surface area contributed by atoms with Gasteiger partial charge in [-0.3, -0.25) is 14.1 Å². The summed E-state index contributed by atoms with van der Waals surface area (Å²) in [5.74, 6) is -3.82. The Labute approximate surface area is 348 Å². The van der Waals surface area contributed by atoms with Crippen molar-refractivity contribution in [2.45, 2.75) is 80.0 Å². The quantitative estimate of drug-likeness (QED) is 0.0838. The third kappa shape index (κ3) is 12.6. The second kappa shape index (κ2) is 20.8. The minimum absolute atomic E-state index is 0.0478. The van der Waals surface area contributed by atoms with Crippen LogP contribution in [0.25, 0.3) is 6.08 Å². The van der Waals surface area contributed by atoms with E-state index in [4.69, 9.17) is 28.9 Å². The number of nitrogens with zero attached hydrogens (tertiary/aromatic N) is 5. The normalized spacial score (nSPS) is 19.6. The topological polar surface area (TPSA) is 209 Å². The molecule has 0 aliphatic carbocycles. The number of likely N-dealkylation sites (tertiary alicyclic amines) is 1.